The van der Waals surface area contributed by atoms with Crippen LogP contribution in [0.25, 0.3) is 0 Å². The summed E-state index contributed by atoms with van der Waals surface area (Å²) in [5, 5.41) is 10.6. The van der Waals surface area contributed by atoms with Gasteiger partial charge in [0.25, 0.3) is 5.91 Å². The average Bonchev–Trinajstić information content (AvgIpc) is 2.48. The maximum absolute atomic E-state index is 11.7. The minimum atomic E-state index is -1.80. The molecule has 0 bridgehead atoms. The number of nitrogens with two attached hydrogens (primary N) is 1. The van der Waals surface area contributed by atoms with Crippen molar-refractivity contribution in [3.05, 3.63) is 60.2 Å². The van der Waals surface area contributed by atoms with Gasteiger partial charge in [-0.3, -0.25) is 4.79 Å². The van der Waals surface area contributed by atoms with E-state index in [4.69, 9.17) is 10.5 Å². The van der Waals surface area contributed by atoms with Crippen LogP contribution >= 0.6 is 11.8 Å². The summed E-state index contributed by atoms with van der Waals surface area (Å²) in [6.07, 6.45) is 0. The summed E-state index contributed by atoms with van der Waals surface area (Å²) in [6.45, 7) is 0. The number of ether oxygens (including phenoxy) is 1. The fraction of sp³-hybridized carbons (Fsp3) is 0.133. The summed E-state index contributed by atoms with van der Waals surface area (Å²) < 4.78 is 5.07. The Hall–Kier alpha value is -1.98. The lowest BCUT2D eigenvalue weighted by atomic mass is 10.1. The molecular weight excluding hydrogens is 274 g/mol. The van der Waals surface area contributed by atoms with Crippen LogP contribution in [0.15, 0.2) is 59.5 Å². The molecule has 0 aliphatic heterocycles. The predicted octanol–water partition coefficient (Wildman–Crippen LogP) is 2.12. The fourth-order valence-corrected chi connectivity index (χ4v) is 2.70. The van der Waals surface area contributed by atoms with E-state index in [-0.39, 0.29) is 0 Å². The van der Waals surface area contributed by atoms with Crippen molar-refractivity contribution in [2.45, 2.75) is 9.83 Å². The van der Waals surface area contributed by atoms with Crippen molar-refractivity contribution in [1.82, 2.24) is 0 Å². The molecule has 3 N–H and O–H groups in total. The van der Waals surface area contributed by atoms with Crippen LogP contribution in [-0.4, -0.2) is 18.1 Å². The lowest BCUT2D eigenvalue weighted by Crippen LogP contribution is -2.38. The largest absolute Gasteiger partial charge is 0.497 e. The summed E-state index contributed by atoms with van der Waals surface area (Å²) in [7, 11) is 1.58. The molecule has 4 nitrogen and oxygen atoms in total. The highest BCUT2D eigenvalue weighted by Gasteiger charge is 2.37. The molecule has 1 atom stereocenters. The second-order valence-corrected chi connectivity index (χ2v) is 5.42. The van der Waals surface area contributed by atoms with E-state index in [1.807, 2.05) is 6.07 Å². The molecule has 1 unspecified atom stereocenters. The molecule has 2 rings (SSSR count). The fourth-order valence-electron chi connectivity index (χ4n) is 1.73. The second-order valence-electron chi connectivity index (χ2n) is 4.15. The van der Waals surface area contributed by atoms with E-state index in [1.54, 1.807) is 55.6 Å². The highest BCUT2D eigenvalue weighted by atomic mass is 32.2. The van der Waals surface area contributed by atoms with Crippen LogP contribution in [0.4, 0.5) is 0 Å². The van der Waals surface area contributed by atoms with Crippen LogP contribution in [0.5, 0.6) is 5.75 Å². The minimum Gasteiger partial charge on any atom is -0.497 e. The molecule has 0 saturated heterocycles. The predicted molar refractivity (Wildman–Crippen MR) is 78.4 cm³/mol. The number of methoxy groups -OCH3 is 1. The van der Waals surface area contributed by atoms with Crippen LogP contribution in [0.2, 0.25) is 0 Å². The SMILES string of the molecule is COc1ccc(SC(O)(C(N)=O)c2ccccc2)cc1. The van der Waals surface area contributed by atoms with Crippen LogP contribution in [0.3, 0.4) is 0 Å². The van der Waals surface area contributed by atoms with E-state index < -0.39 is 10.8 Å². The van der Waals surface area contributed by atoms with E-state index in [0.29, 0.717) is 11.3 Å². The zero-order valence-corrected chi connectivity index (χ0v) is 11.8. The molecule has 0 aliphatic carbocycles. The summed E-state index contributed by atoms with van der Waals surface area (Å²) in [5.74, 6) is -0.0961. The van der Waals surface area contributed by atoms with E-state index >= 15 is 0 Å². The van der Waals surface area contributed by atoms with Crippen molar-refractivity contribution < 1.29 is 14.6 Å². The number of benzene rings is 2. The lowest BCUT2D eigenvalue weighted by molar-refractivity contribution is -0.128. The molecule has 2 aromatic carbocycles. The van der Waals surface area contributed by atoms with Crippen molar-refractivity contribution in [2.24, 2.45) is 5.73 Å². The Kier molecular flexibility index (Phi) is 4.32. The number of amides is 1. The molecule has 0 fully saturated rings. The summed E-state index contributed by atoms with van der Waals surface area (Å²) in [4.78, 5) is 10.6. The summed E-state index contributed by atoms with van der Waals surface area (Å²) in [5.41, 5.74) is 5.82. The van der Waals surface area contributed by atoms with Gasteiger partial charge in [0.2, 0.25) is 4.93 Å². The Morgan fingerprint density at radius 3 is 2.25 bits per heavy atom. The number of carbonyl (C=O) groups is 1. The molecule has 20 heavy (non-hydrogen) atoms. The third-order valence-corrected chi connectivity index (χ3v) is 4.06. The molecule has 0 aromatic heterocycles. The number of aliphatic hydroxyl groups is 1. The van der Waals surface area contributed by atoms with Gasteiger partial charge in [-0.25, -0.2) is 0 Å². The first-order chi connectivity index (χ1) is 9.56. The van der Waals surface area contributed by atoms with E-state index in [2.05, 4.69) is 0 Å². The molecule has 0 spiro atoms. The Balaban J connectivity index is 2.32. The van der Waals surface area contributed by atoms with E-state index in [1.165, 1.54) is 0 Å². The third-order valence-electron chi connectivity index (χ3n) is 2.82. The number of primary amides is 1. The molecule has 0 radical (unpaired) electrons. The van der Waals surface area contributed by atoms with Crippen molar-refractivity contribution in [3.63, 3.8) is 0 Å². The highest BCUT2D eigenvalue weighted by molar-refractivity contribution is 8.00. The number of rotatable bonds is 5. The number of hydrogen-bond acceptors (Lipinski definition) is 4. The standard InChI is InChI=1S/C15H15NO3S/c1-19-12-7-9-13(10-8-12)20-15(18,14(16)17)11-5-3-2-4-6-11/h2-10,18H,1H3,(H2,16,17). The quantitative estimate of drug-likeness (QED) is 0.653. The van der Waals surface area contributed by atoms with Gasteiger partial charge in [0.1, 0.15) is 5.75 Å². The van der Waals surface area contributed by atoms with Gasteiger partial charge >= 0.3 is 0 Å². The van der Waals surface area contributed by atoms with Gasteiger partial charge in [0.15, 0.2) is 0 Å². The van der Waals surface area contributed by atoms with Crippen LogP contribution in [-0.2, 0) is 9.73 Å². The molecule has 104 valence electrons. The van der Waals surface area contributed by atoms with Crippen LogP contribution in [0, 0.1) is 0 Å². The molecule has 0 saturated carbocycles. The molecule has 0 heterocycles. The van der Waals surface area contributed by atoms with Crippen molar-refractivity contribution in [1.29, 1.82) is 0 Å². The molecule has 2 aromatic rings. The Morgan fingerprint density at radius 1 is 1.15 bits per heavy atom. The van der Waals surface area contributed by atoms with Crippen molar-refractivity contribution in [2.75, 3.05) is 7.11 Å². The van der Waals surface area contributed by atoms with Gasteiger partial charge in [0, 0.05) is 10.5 Å². The Morgan fingerprint density at radius 2 is 1.75 bits per heavy atom. The normalized spacial score (nSPS) is 13.5. The second kappa shape index (κ2) is 5.98. The Labute approximate surface area is 121 Å². The first kappa shape index (κ1) is 14.4. The van der Waals surface area contributed by atoms with Crippen molar-refractivity contribution in [3.8, 4) is 5.75 Å². The van der Waals surface area contributed by atoms with Gasteiger partial charge in [-0.15, -0.1) is 0 Å². The molecular formula is C15H15NO3S. The number of thioether (sulfide) groups is 1. The zero-order valence-electron chi connectivity index (χ0n) is 10.9. The topological polar surface area (TPSA) is 72.6 Å². The number of carbonyl (C=O) groups excluding carboxylic acids is 1. The van der Waals surface area contributed by atoms with Gasteiger partial charge in [0.05, 0.1) is 7.11 Å². The van der Waals surface area contributed by atoms with Gasteiger partial charge in [-0.05, 0) is 24.3 Å². The molecule has 0 aliphatic rings. The average molecular weight is 289 g/mol. The van der Waals surface area contributed by atoms with Crippen LogP contribution in [0.1, 0.15) is 5.56 Å². The number of hydrogen-bond donors (Lipinski definition) is 2. The smallest absolute Gasteiger partial charge is 0.265 e. The first-order valence-corrected chi connectivity index (χ1v) is 6.79. The minimum absolute atomic E-state index is 0.452. The third kappa shape index (κ3) is 2.95. The van der Waals surface area contributed by atoms with Gasteiger partial charge in [-0.1, -0.05) is 42.1 Å². The monoisotopic (exact) mass is 289 g/mol. The van der Waals surface area contributed by atoms with Gasteiger partial charge < -0.3 is 15.6 Å². The summed E-state index contributed by atoms with van der Waals surface area (Å²) in [6, 6.07) is 15.7. The highest BCUT2D eigenvalue weighted by Crippen LogP contribution is 2.39. The van der Waals surface area contributed by atoms with Crippen LogP contribution < -0.4 is 10.5 Å². The molecule has 1 amide bonds. The van der Waals surface area contributed by atoms with Gasteiger partial charge in [-0.2, -0.15) is 0 Å². The lowest BCUT2D eigenvalue weighted by Gasteiger charge is -2.24. The summed E-state index contributed by atoms with van der Waals surface area (Å²) >= 11 is 0.997. The maximum atomic E-state index is 11.7. The zero-order chi connectivity index (χ0) is 14.6. The molecule has 5 heteroatoms. The maximum Gasteiger partial charge on any atom is 0.265 e. The first-order valence-electron chi connectivity index (χ1n) is 5.97. The van der Waals surface area contributed by atoms with Crippen molar-refractivity contribution >= 4 is 17.7 Å². The van der Waals surface area contributed by atoms with E-state index in [9.17, 15) is 9.90 Å². The van der Waals surface area contributed by atoms with E-state index in [0.717, 1.165) is 16.7 Å². The Bertz CT molecular complexity index is 586.